The Morgan fingerprint density at radius 1 is 1.19 bits per heavy atom. The number of hydrogen-bond donors (Lipinski definition) is 2. The summed E-state index contributed by atoms with van der Waals surface area (Å²) in [6, 6.07) is 13.5. The molecular formula is C17H19BrN2O. The van der Waals surface area contributed by atoms with Crippen LogP contribution >= 0.6 is 15.9 Å². The molecule has 0 spiro atoms. The van der Waals surface area contributed by atoms with Crippen LogP contribution in [0.25, 0.3) is 0 Å². The van der Waals surface area contributed by atoms with Crippen molar-refractivity contribution in [1.82, 2.24) is 0 Å². The number of hydrogen-bond acceptors (Lipinski definition) is 2. The Bertz CT molecular complexity index is 617. The van der Waals surface area contributed by atoms with Crippen molar-refractivity contribution in [3.63, 3.8) is 0 Å². The molecule has 2 aromatic rings. The summed E-state index contributed by atoms with van der Waals surface area (Å²) < 4.78 is 1.07. The van der Waals surface area contributed by atoms with Crippen molar-refractivity contribution in [2.24, 2.45) is 5.73 Å². The number of halogens is 1. The fourth-order valence-corrected chi connectivity index (χ4v) is 2.56. The predicted octanol–water partition coefficient (Wildman–Crippen LogP) is 3.75. The Kier molecular flexibility index (Phi) is 5.15. The number of carbonyl (C=O) groups is 1. The van der Waals surface area contributed by atoms with Crippen LogP contribution in [0.15, 0.2) is 46.9 Å². The highest BCUT2D eigenvalue weighted by Gasteiger charge is 2.19. The van der Waals surface area contributed by atoms with Crippen LogP contribution in [0.1, 0.15) is 22.6 Å². The number of nitrogens with one attached hydrogen (secondary N) is 1. The summed E-state index contributed by atoms with van der Waals surface area (Å²) in [5.74, 6) is -0.416. The minimum Gasteiger partial charge on any atom is -0.329 e. The van der Waals surface area contributed by atoms with E-state index in [4.69, 9.17) is 5.73 Å². The Labute approximate surface area is 133 Å². The van der Waals surface area contributed by atoms with Gasteiger partial charge in [0.2, 0.25) is 5.91 Å². The summed E-state index contributed by atoms with van der Waals surface area (Å²) in [5, 5.41) is 2.96. The molecule has 2 aromatic carbocycles. The van der Waals surface area contributed by atoms with Crippen LogP contribution in [0.4, 0.5) is 5.69 Å². The first-order chi connectivity index (χ1) is 10.0. The van der Waals surface area contributed by atoms with Gasteiger partial charge in [-0.15, -0.1) is 0 Å². The molecule has 2 rings (SSSR count). The first-order valence-electron chi connectivity index (χ1n) is 6.85. The average Bonchev–Trinajstić information content (AvgIpc) is 2.46. The minimum atomic E-state index is -0.338. The van der Waals surface area contributed by atoms with Gasteiger partial charge in [0.15, 0.2) is 0 Å². The molecule has 0 aliphatic heterocycles. The molecule has 0 saturated carbocycles. The van der Waals surface area contributed by atoms with Crippen LogP contribution in [0.5, 0.6) is 0 Å². The molecule has 21 heavy (non-hydrogen) atoms. The van der Waals surface area contributed by atoms with Crippen molar-refractivity contribution in [2.45, 2.75) is 19.8 Å². The van der Waals surface area contributed by atoms with Gasteiger partial charge >= 0.3 is 0 Å². The molecular weight excluding hydrogens is 328 g/mol. The largest absolute Gasteiger partial charge is 0.329 e. The van der Waals surface area contributed by atoms with Crippen molar-refractivity contribution in [3.8, 4) is 0 Å². The summed E-state index contributed by atoms with van der Waals surface area (Å²) >= 11 is 3.53. The summed E-state index contributed by atoms with van der Waals surface area (Å²) in [6.07, 6.45) is 0. The minimum absolute atomic E-state index is 0.0789. The maximum atomic E-state index is 12.4. The van der Waals surface area contributed by atoms with Crippen LogP contribution in [-0.4, -0.2) is 12.5 Å². The average molecular weight is 347 g/mol. The lowest BCUT2D eigenvalue weighted by atomic mass is 9.98. The Morgan fingerprint density at radius 2 is 1.76 bits per heavy atom. The van der Waals surface area contributed by atoms with Gasteiger partial charge in [-0.05, 0) is 42.7 Å². The van der Waals surface area contributed by atoms with Crippen LogP contribution in [-0.2, 0) is 4.79 Å². The Morgan fingerprint density at radius 3 is 2.29 bits per heavy atom. The topological polar surface area (TPSA) is 55.1 Å². The smallest absolute Gasteiger partial charge is 0.233 e. The molecule has 1 atom stereocenters. The van der Waals surface area contributed by atoms with E-state index in [0.29, 0.717) is 0 Å². The van der Waals surface area contributed by atoms with Gasteiger partial charge in [0, 0.05) is 16.7 Å². The number of rotatable bonds is 4. The summed E-state index contributed by atoms with van der Waals surface area (Å²) in [4.78, 5) is 12.4. The molecule has 3 N–H and O–H groups in total. The Hall–Kier alpha value is -1.65. The van der Waals surface area contributed by atoms with E-state index in [0.717, 1.165) is 26.9 Å². The fourth-order valence-electron chi connectivity index (χ4n) is 2.33. The molecule has 3 nitrogen and oxygen atoms in total. The molecule has 0 aromatic heterocycles. The lowest BCUT2D eigenvalue weighted by Gasteiger charge is -2.16. The predicted molar refractivity (Wildman–Crippen MR) is 90.5 cm³/mol. The quantitative estimate of drug-likeness (QED) is 0.885. The molecule has 0 aliphatic carbocycles. The molecule has 0 aliphatic rings. The molecule has 4 heteroatoms. The highest BCUT2D eigenvalue weighted by Crippen LogP contribution is 2.26. The zero-order valence-corrected chi connectivity index (χ0v) is 13.8. The van der Waals surface area contributed by atoms with Gasteiger partial charge in [0.1, 0.15) is 0 Å². The molecule has 1 amide bonds. The number of aryl methyl sites for hydroxylation is 2. The van der Waals surface area contributed by atoms with E-state index in [-0.39, 0.29) is 18.4 Å². The number of benzene rings is 2. The Balaban J connectivity index is 2.21. The van der Waals surface area contributed by atoms with E-state index in [2.05, 4.69) is 21.2 Å². The number of amides is 1. The third-order valence-corrected chi connectivity index (χ3v) is 4.71. The summed E-state index contributed by atoms with van der Waals surface area (Å²) in [7, 11) is 0. The van der Waals surface area contributed by atoms with Gasteiger partial charge in [-0.3, -0.25) is 4.79 Å². The van der Waals surface area contributed by atoms with Crippen molar-refractivity contribution in [2.75, 3.05) is 11.9 Å². The van der Waals surface area contributed by atoms with Crippen LogP contribution in [0.2, 0.25) is 0 Å². The molecule has 0 fully saturated rings. The highest BCUT2D eigenvalue weighted by molar-refractivity contribution is 9.10. The second-order valence-electron chi connectivity index (χ2n) is 5.11. The van der Waals surface area contributed by atoms with Crippen molar-refractivity contribution >= 4 is 27.5 Å². The third-order valence-electron chi connectivity index (χ3n) is 3.46. The van der Waals surface area contributed by atoms with Gasteiger partial charge in [-0.2, -0.15) is 0 Å². The van der Waals surface area contributed by atoms with E-state index >= 15 is 0 Å². The van der Waals surface area contributed by atoms with Gasteiger partial charge in [0.05, 0.1) is 5.92 Å². The van der Waals surface area contributed by atoms with E-state index in [1.807, 2.05) is 56.3 Å². The van der Waals surface area contributed by atoms with Crippen LogP contribution in [0.3, 0.4) is 0 Å². The second-order valence-corrected chi connectivity index (χ2v) is 5.91. The summed E-state index contributed by atoms with van der Waals surface area (Å²) in [6.45, 7) is 4.29. The van der Waals surface area contributed by atoms with Crippen molar-refractivity contribution in [1.29, 1.82) is 0 Å². The maximum Gasteiger partial charge on any atom is 0.233 e. The standard InChI is InChI=1S/C17H19BrN2O/c1-11-8-14(9-12(2)16(11)18)20-17(21)15(10-19)13-6-4-3-5-7-13/h3-9,15H,10,19H2,1-2H3,(H,20,21). The van der Waals surface area contributed by atoms with Crippen molar-refractivity contribution < 1.29 is 4.79 Å². The molecule has 110 valence electrons. The zero-order valence-electron chi connectivity index (χ0n) is 12.2. The van der Waals surface area contributed by atoms with E-state index in [1.165, 1.54) is 0 Å². The summed E-state index contributed by atoms with van der Waals surface area (Å²) in [5.41, 5.74) is 9.69. The molecule has 0 heterocycles. The molecule has 0 bridgehead atoms. The van der Waals surface area contributed by atoms with Crippen LogP contribution in [0, 0.1) is 13.8 Å². The molecule has 0 radical (unpaired) electrons. The number of anilines is 1. The van der Waals surface area contributed by atoms with Gasteiger partial charge in [-0.1, -0.05) is 46.3 Å². The van der Waals surface area contributed by atoms with Crippen molar-refractivity contribution in [3.05, 3.63) is 63.6 Å². The monoisotopic (exact) mass is 346 g/mol. The zero-order chi connectivity index (χ0) is 15.4. The first kappa shape index (κ1) is 15.7. The van der Waals surface area contributed by atoms with Gasteiger partial charge in [-0.25, -0.2) is 0 Å². The van der Waals surface area contributed by atoms with Gasteiger partial charge in [0.25, 0.3) is 0 Å². The first-order valence-corrected chi connectivity index (χ1v) is 7.65. The number of nitrogens with two attached hydrogens (primary N) is 1. The van der Waals surface area contributed by atoms with E-state index in [9.17, 15) is 4.79 Å². The fraction of sp³-hybridized carbons (Fsp3) is 0.235. The second kappa shape index (κ2) is 6.87. The molecule has 0 saturated heterocycles. The van der Waals surface area contributed by atoms with E-state index in [1.54, 1.807) is 0 Å². The normalized spacial score (nSPS) is 12.0. The lowest BCUT2D eigenvalue weighted by molar-refractivity contribution is -0.117. The third kappa shape index (κ3) is 3.71. The van der Waals surface area contributed by atoms with Gasteiger partial charge < -0.3 is 11.1 Å². The highest BCUT2D eigenvalue weighted by atomic mass is 79.9. The molecule has 1 unspecified atom stereocenters. The number of carbonyl (C=O) groups excluding carboxylic acids is 1. The van der Waals surface area contributed by atoms with Crippen LogP contribution < -0.4 is 11.1 Å². The lowest BCUT2D eigenvalue weighted by Crippen LogP contribution is -2.27. The maximum absolute atomic E-state index is 12.4. The SMILES string of the molecule is Cc1cc(NC(=O)C(CN)c2ccccc2)cc(C)c1Br. The van der Waals surface area contributed by atoms with E-state index < -0.39 is 0 Å².